The standard InChI is InChI=1S/C26H20/c1-3-10-19(11-4-1)18-21-14-9-17-24-25(20-12-5-2-6-13-20)22-15-7-8-16-23(22)26(21)24/h1-17,25H,18H2. The fourth-order valence-electron chi connectivity index (χ4n) is 4.30. The Morgan fingerprint density at radius 2 is 1.19 bits per heavy atom. The summed E-state index contributed by atoms with van der Waals surface area (Å²) in [5.74, 6) is 0.332. The van der Waals surface area contributed by atoms with Crippen molar-refractivity contribution in [3.63, 3.8) is 0 Å². The lowest BCUT2D eigenvalue weighted by Crippen LogP contribution is -1.99. The molecule has 0 aromatic heterocycles. The largest absolute Gasteiger partial charge is 0.0622 e. The van der Waals surface area contributed by atoms with Crippen LogP contribution in [0.3, 0.4) is 0 Å². The molecular weight excluding hydrogens is 312 g/mol. The van der Waals surface area contributed by atoms with Gasteiger partial charge in [0.1, 0.15) is 0 Å². The SMILES string of the molecule is c1ccc(Cc2cccc3c2-c2ccccc2C3c2ccccc2)cc1. The Morgan fingerprint density at radius 1 is 0.538 bits per heavy atom. The maximum atomic E-state index is 2.31. The molecule has 1 aliphatic rings. The van der Waals surface area contributed by atoms with Gasteiger partial charge in [-0.25, -0.2) is 0 Å². The van der Waals surface area contributed by atoms with Crippen molar-refractivity contribution in [1.29, 1.82) is 0 Å². The summed E-state index contributed by atoms with van der Waals surface area (Å²) in [7, 11) is 0. The highest BCUT2D eigenvalue weighted by Gasteiger charge is 2.30. The van der Waals surface area contributed by atoms with Gasteiger partial charge >= 0.3 is 0 Å². The highest BCUT2D eigenvalue weighted by atomic mass is 14.3. The van der Waals surface area contributed by atoms with Crippen LogP contribution < -0.4 is 0 Å². The molecule has 0 saturated carbocycles. The molecule has 0 fully saturated rings. The number of rotatable bonds is 3. The summed E-state index contributed by atoms with van der Waals surface area (Å²) in [6, 6.07) is 37.4. The lowest BCUT2D eigenvalue weighted by molar-refractivity contribution is 1.01. The smallest absolute Gasteiger partial charge is 0.0352 e. The number of hydrogen-bond donors (Lipinski definition) is 0. The van der Waals surface area contributed by atoms with Crippen LogP contribution in [0.1, 0.15) is 33.7 Å². The van der Waals surface area contributed by atoms with Crippen LogP contribution >= 0.6 is 0 Å². The molecule has 0 heterocycles. The summed E-state index contributed by atoms with van der Waals surface area (Å²) in [6.45, 7) is 0. The van der Waals surface area contributed by atoms with Gasteiger partial charge in [-0.2, -0.15) is 0 Å². The van der Waals surface area contributed by atoms with E-state index >= 15 is 0 Å². The molecule has 1 atom stereocenters. The van der Waals surface area contributed by atoms with E-state index in [0.29, 0.717) is 5.92 Å². The van der Waals surface area contributed by atoms with E-state index in [9.17, 15) is 0 Å². The second kappa shape index (κ2) is 6.31. The molecular formula is C26H20. The highest BCUT2D eigenvalue weighted by Crippen LogP contribution is 2.49. The molecule has 0 nitrogen and oxygen atoms in total. The van der Waals surface area contributed by atoms with E-state index in [-0.39, 0.29) is 0 Å². The Morgan fingerprint density at radius 3 is 2.00 bits per heavy atom. The summed E-state index contributed by atoms with van der Waals surface area (Å²) in [5, 5.41) is 0. The third-order valence-electron chi connectivity index (χ3n) is 5.41. The van der Waals surface area contributed by atoms with Crippen LogP contribution in [-0.2, 0) is 6.42 Å². The van der Waals surface area contributed by atoms with Crippen molar-refractivity contribution >= 4 is 0 Å². The zero-order valence-electron chi connectivity index (χ0n) is 14.6. The van der Waals surface area contributed by atoms with E-state index < -0.39 is 0 Å². The Kier molecular flexibility index (Phi) is 3.68. The normalized spacial score (nSPS) is 14.7. The van der Waals surface area contributed by atoms with Gasteiger partial charge in [0, 0.05) is 5.92 Å². The van der Waals surface area contributed by atoms with Crippen LogP contribution in [0, 0.1) is 0 Å². The average molecular weight is 332 g/mol. The molecule has 4 aromatic rings. The first-order valence-corrected chi connectivity index (χ1v) is 9.22. The predicted octanol–water partition coefficient (Wildman–Crippen LogP) is 6.44. The van der Waals surface area contributed by atoms with Crippen LogP contribution in [0.4, 0.5) is 0 Å². The molecule has 0 N–H and O–H groups in total. The molecule has 0 heteroatoms. The summed E-state index contributed by atoms with van der Waals surface area (Å²) in [6.07, 6.45) is 0.972. The quantitative estimate of drug-likeness (QED) is 0.357. The van der Waals surface area contributed by atoms with E-state index in [2.05, 4.69) is 103 Å². The zero-order valence-corrected chi connectivity index (χ0v) is 14.6. The van der Waals surface area contributed by atoms with E-state index in [1.165, 1.54) is 38.9 Å². The Bertz CT molecular complexity index is 1050. The molecule has 5 rings (SSSR count). The van der Waals surface area contributed by atoms with Crippen LogP contribution in [0.15, 0.2) is 103 Å². The van der Waals surface area contributed by atoms with Crippen LogP contribution in [0.5, 0.6) is 0 Å². The van der Waals surface area contributed by atoms with Crippen molar-refractivity contribution in [2.75, 3.05) is 0 Å². The van der Waals surface area contributed by atoms with Crippen LogP contribution in [0.2, 0.25) is 0 Å². The second-order valence-corrected chi connectivity index (χ2v) is 6.97. The highest BCUT2D eigenvalue weighted by molar-refractivity contribution is 5.83. The third kappa shape index (κ3) is 2.46. The van der Waals surface area contributed by atoms with Gasteiger partial charge in [-0.3, -0.25) is 0 Å². The van der Waals surface area contributed by atoms with Gasteiger partial charge in [-0.05, 0) is 45.4 Å². The number of benzene rings is 4. The fraction of sp³-hybridized carbons (Fsp3) is 0.0769. The molecule has 4 aromatic carbocycles. The van der Waals surface area contributed by atoms with Crippen molar-refractivity contribution in [3.8, 4) is 11.1 Å². The van der Waals surface area contributed by atoms with Gasteiger partial charge in [0.05, 0.1) is 0 Å². The molecule has 26 heavy (non-hydrogen) atoms. The van der Waals surface area contributed by atoms with E-state index in [1.54, 1.807) is 0 Å². The van der Waals surface area contributed by atoms with Crippen molar-refractivity contribution in [1.82, 2.24) is 0 Å². The lowest BCUT2D eigenvalue weighted by atomic mass is 9.88. The Balaban J connectivity index is 1.70. The second-order valence-electron chi connectivity index (χ2n) is 6.97. The van der Waals surface area contributed by atoms with Gasteiger partial charge < -0.3 is 0 Å². The first-order valence-electron chi connectivity index (χ1n) is 9.22. The van der Waals surface area contributed by atoms with Gasteiger partial charge in [0.25, 0.3) is 0 Å². The molecule has 0 bridgehead atoms. The van der Waals surface area contributed by atoms with Gasteiger partial charge in [-0.15, -0.1) is 0 Å². The molecule has 1 aliphatic carbocycles. The Labute approximate surface area is 154 Å². The lowest BCUT2D eigenvalue weighted by Gasteiger charge is -2.15. The topological polar surface area (TPSA) is 0 Å². The molecule has 124 valence electrons. The molecule has 0 radical (unpaired) electrons. The molecule has 0 saturated heterocycles. The van der Waals surface area contributed by atoms with Gasteiger partial charge in [0.15, 0.2) is 0 Å². The third-order valence-corrected chi connectivity index (χ3v) is 5.41. The minimum Gasteiger partial charge on any atom is -0.0622 e. The van der Waals surface area contributed by atoms with Crippen LogP contribution in [-0.4, -0.2) is 0 Å². The predicted molar refractivity (Wildman–Crippen MR) is 109 cm³/mol. The van der Waals surface area contributed by atoms with Crippen molar-refractivity contribution < 1.29 is 0 Å². The van der Waals surface area contributed by atoms with Crippen LogP contribution in [0.25, 0.3) is 11.1 Å². The average Bonchev–Trinajstić information content (AvgIpc) is 3.05. The summed E-state index contributed by atoms with van der Waals surface area (Å²) >= 11 is 0. The summed E-state index contributed by atoms with van der Waals surface area (Å²) < 4.78 is 0. The first-order chi connectivity index (χ1) is 12.9. The van der Waals surface area contributed by atoms with Gasteiger partial charge in [-0.1, -0.05) is 103 Å². The van der Waals surface area contributed by atoms with E-state index in [0.717, 1.165) is 6.42 Å². The minimum absolute atomic E-state index is 0.332. The maximum Gasteiger partial charge on any atom is 0.0352 e. The summed E-state index contributed by atoms with van der Waals surface area (Å²) in [5.41, 5.74) is 9.83. The number of hydrogen-bond acceptors (Lipinski definition) is 0. The zero-order chi connectivity index (χ0) is 17.3. The molecule has 0 amide bonds. The van der Waals surface area contributed by atoms with E-state index in [1.807, 2.05) is 0 Å². The monoisotopic (exact) mass is 332 g/mol. The van der Waals surface area contributed by atoms with Crippen molar-refractivity contribution in [2.24, 2.45) is 0 Å². The first kappa shape index (κ1) is 15.2. The molecule has 1 unspecified atom stereocenters. The van der Waals surface area contributed by atoms with Gasteiger partial charge in [0.2, 0.25) is 0 Å². The molecule has 0 spiro atoms. The fourth-order valence-corrected chi connectivity index (χ4v) is 4.30. The Hall–Kier alpha value is -3.12. The number of fused-ring (bicyclic) bond motifs is 3. The minimum atomic E-state index is 0.332. The van der Waals surface area contributed by atoms with Crippen molar-refractivity contribution in [2.45, 2.75) is 12.3 Å². The maximum absolute atomic E-state index is 2.31. The van der Waals surface area contributed by atoms with E-state index in [4.69, 9.17) is 0 Å². The summed E-state index contributed by atoms with van der Waals surface area (Å²) in [4.78, 5) is 0. The molecule has 0 aliphatic heterocycles. The van der Waals surface area contributed by atoms with Crippen molar-refractivity contribution in [3.05, 3.63) is 131 Å².